The standard InChI is InChI=1S/C10H9ClFN3S/c11-7-2-1-3-8(12)6(7)4-5-9-14-15-10(13)16-9/h1-3H,4-5H2,(H2,13,15). The van der Waals surface area contributed by atoms with Gasteiger partial charge < -0.3 is 5.73 Å². The van der Waals surface area contributed by atoms with Crippen LogP contribution in [0.5, 0.6) is 0 Å². The van der Waals surface area contributed by atoms with Gasteiger partial charge in [-0.25, -0.2) is 4.39 Å². The van der Waals surface area contributed by atoms with E-state index in [1.165, 1.54) is 17.4 Å². The van der Waals surface area contributed by atoms with Gasteiger partial charge in [0.1, 0.15) is 10.8 Å². The van der Waals surface area contributed by atoms with Gasteiger partial charge in [0.25, 0.3) is 0 Å². The van der Waals surface area contributed by atoms with Crippen LogP contribution in [0, 0.1) is 5.82 Å². The lowest BCUT2D eigenvalue weighted by atomic mass is 10.1. The number of hydrogen-bond donors (Lipinski definition) is 1. The van der Waals surface area contributed by atoms with Crippen LogP contribution in [0.4, 0.5) is 9.52 Å². The fourth-order valence-corrected chi connectivity index (χ4v) is 2.24. The van der Waals surface area contributed by atoms with Crippen molar-refractivity contribution < 1.29 is 4.39 Å². The Hall–Kier alpha value is -1.20. The first-order valence-electron chi connectivity index (χ1n) is 4.67. The fraction of sp³-hybridized carbons (Fsp3) is 0.200. The molecular formula is C10H9ClFN3S. The second kappa shape index (κ2) is 4.76. The predicted molar refractivity (Wildman–Crippen MR) is 63.1 cm³/mol. The first-order chi connectivity index (χ1) is 7.66. The Morgan fingerprint density at radius 3 is 2.75 bits per heavy atom. The fourth-order valence-electron chi connectivity index (χ4n) is 1.37. The predicted octanol–water partition coefficient (Wildman–Crippen LogP) is 2.70. The van der Waals surface area contributed by atoms with E-state index >= 15 is 0 Å². The molecule has 0 unspecified atom stereocenters. The van der Waals surface area contributed by atoms with Gasteiger partial charge in [-0.15, -0.1) is 10.2 Å². The van der Waals surface area contributed by atoms with Gasteiger partial charge in [-0.05, 0) is 18.6 Å². The molecule has 0 saturated carbocycles. The zero-order valence-electron chi connectivity index (χ0n) is 8.28. The molecule has 0 aliphatic carbocycles. The average Bonchev–Trinajstić information content (AvgIpc) is 2.63. The molecule has 0 fully saturated rings. The first-order valence-corrected chi connectivity index (χ1v) is 5.87. The van der Waals surface area contributed by atoms with Crippen molar-refractivity contribution in [1.29, 1.82) is 0 Å². The number of nitrogen functional groups attached to an aromatic ring is 1. The average molecular weight is 258 g/mol. The molecule has 2 rings (SSSR count). The Bertz CT molecular complexity index is 480. The number of hydrogen-bond acceptors (Lipinski definition) is 4. The van der Waals surface area contributed by atoms with Crippen LogP contribution in [0.15, 0.2) is 18.2 Å². The van der Waals surface area contributed by atoms with Gasteiger partial charge in [0.05, 0.1) is 0 Å². The van der Waals surface area contributed by atoms with Gasteiger partial charge in [0.15, 0.2) is 0 Å². The number of aryl methyl sites for hydroxylation is 1. The largest absolute Gasteiger partial charge is 0.374 e. The van der Waals surface area contributed by atoms with E-state index in [0.29, 0.717) is 28.6 Å². The molecule has 1 heterocycles. The van der Waals surface area contributed by atoms with Gasteiger partial charge in [0.2, 0.25) is 5.13 Å². The zero-order valence-corrected chi connectivity index (χ0v) is 9.85. The lowest BCUT2D eigenvalue weighted by Gasteiger charge is -2.03. The molecule has 0 saturated heterocycles. The first kappa shape index (κ1) is 11.3. The number of nitrogens with two attached hydrogens (primary N) is 1. The second-order valence-electron chi connectivity index (χ2n) is 3.23. The Morgan fingerprint density at radius 2 is 2.12 bits per heavy atom. The van der Waals surface area contributed by atoms with E-state index in [2.05, 4.69) is 10.2 Å². The topological polar surface area (TPSA) is 51.8 Å². The van der Waals surface area contributed by atoms with Crippen LogP contribution in [-0.4, -0.2) is 10.2 Å². The number of aromatic nitrogens is 2. The highest BCUT2D eigenvalue weighted by Crippen LogP contribution is 2.21. The molecular weight excluding hydrogens is 249 g/mol. The molecule has 0 aliphatic heterocycles. The Labute approximate surface area is 101 Å². The second-order valence-corrected chi connectivity index (χ2v) is 4.74. The Morgan fingerprint density at radius 1 is 1.31 bits per heavy atom. The van der Waals surface area contributed by atoms with Crippen LogP contribution in [0.25, 0.3) is 0 Å². The van der Waals surface area contributed by atoms with Crippen molar-refractivity contribution in [3.8, 4) is 0 Å². The van der Waals surface area contributed by atoms with Crippen molar-refractivity contribution in [2.45, 2.75) is 12.8 Å². The number of benzene rings is 1. The Balaban J connectivity index is 2.10. The van der Waals surface area contributed by atoms with Crippen LogP contribution in [-0.2, 0) is 12.8 Å². The van der Waals surface area contributed by atoms with E-state index in [4.69, 9.17) is 17.3 Å². The van der Waals surface area contributed by atoms with E-state index in [0.717, 1.165) is 5.01 Å². The van der Waals surface area contributed by atoms with Crippen molar-refractivity contribution in [3.63, 3.8) is 0 Å². The van der Waals surface area contributed by atoms with Crippen LogP contribution in [0.2, 0.25) is 5.02 Å². The third-order valence-electron chi connectivity index (χ3n) is 2.13. The highest BCUT2D eigenvalue weighted by atomic mass is 35.5. The van der Waals surface area contributed by atoms with Gasteiger partial charge >= 0.3 is 0 Å². The molecule has 0 atom stereocenters. The molecule has 3 nitrogen and oxygen atoms in total. The van der Waals surface area contributed by atoms with E-state index < -0.39 is 0 Å². The Kier molecular flexibility index (Phi) is 3.36. The van der Waals surface area contributed by atoms with Gasteiger partial charge in [-0.3, -0.25) is 0 Å². The molecule has 1 aromatic carbocycles. The number of halogens is 2. The zero-order chi connectivity index (χ0) is 11.5. The molecule has 2 aromatic rings. The number of anilines is 1. The highest BCUT2D eigenvalue weighted by Gasteiger charge is 2.08. The van der Waals surface area contributed by atoms with E-state index in [9.17, 15) is 4.39 Å². The quantitative estimate of drug-likeness (QED) is 0.920. The number of rotatable bonds is 3. The van der Waals surface area contributed by atoms with Crippen molar-refractivity contribution in [2.24, 2.45) is 0 Å². The monoisotopic (exact) mass is 257 g/mol. The molecule has 16 heavy (non-hydrogen) atoms. The van der Waals surface area contributed by atoms with Gasteiger partial charge in [0, 0.05) is 17.0 Å². The summed E-state index contributed by atoms with van der Waals surface area (Å²) in [5.41, 5.74) is 5.96. The lowest BCUT2D eigenvalue weighted by molar-refractivity contribution is 0.608. The molecule has 2 N–H and O–H groups in total. The molecule has 0 spiro atoms. The smallest absolute Gasteiger partial charge is 0.203 e. The van der Waals surface area contributed by atoms with Crippen LogP contribution < -0.4 is 5.73 Å². The molecule has 1 aromatic heterocycles. The van der Waals surface area contributed by atoms with E-state index in [1.54, 1.807) is 12.1 Å². The minimum atomic E-state index is -0.287. The molecule has 0 aliphatic rings. The normalized spacial score (nSPS) is 10.6. The molecule has 0 bridgehead atoms. The molecule has 0 radical (unpaired) electrons. The maximum atomic E-state index is 13.4. The summed E-state index contributed by atoms with van der Waals surface area (Å²) < 4.78 is 13.4. The number of nitrogens with zero attached hydrogens (tertiary/aromatic N) is 2. The van der Waals surface area contributed by atoms with Crippen LogP contribution >= 0.6 is 22.9 Å². The van der Waals surface area contributed by atoms with Gasteiger partial charge in [-0.2, -0.15) is 0 Å². The summed E-state index contributed by atoms with van der Waals surface area (Å²) in [5, 5.41) is 9.22. The molecule has 6 heteroatoms. The van der Waals surface area contributed by atoms with E-state index in [1.807, 2.05) is 0 Å². The third kappa shape index (κ3) is 2.48. The van der Waals surface area contributed by atoms with Gasteiger partial charge in [-0.1, -0.05) is 29.0 Å². The molecule has 84 valence electrons. The summed E-state index contributed by atoms with van der Waals surface area (Å²) in [4.78, 5) is 0. The van der Waals surface area contributed by atoms with Crippen LogP contribution in [0.3, 0.4) is 0 Å². The minimum absolute atomic E-state index is 0.287. The van der Waals surface area contributed by atoms with E-state index in [-0.39, 0.29) is 5.82 Å². The summed E-state index contributed by atoms with van der Waals surface area (Å²) in [7, 11) is 0. The maximum Gasteiger partial charge on any atom is 0.203 e. The maximum absolute atomic E-state index is 13.4. The van der Waals surface area contributed by atoms with Crippen LogP contribution in [0.1, 0.15) is 10.6 Å². The van der Waals surface area contributed by atoms with Crippen molar-refractivity contribution in [3.05, 3.63) is 39.6 Å². The SMILES string of the molecule is Nc1nnc(CCc2c(F)cccc2Cl)s1. The molecule has 0 amide bonds. The minimum Gasteiger partial charge on any atom is -0.374 e. The van der Waals surface area contributed by atoms with Crippen molar-refractivity contribution in [1.82, 2.24) is 10.2 Å². The summed E-state index contributed by atoms with van der Waals surface area (Å²) in [5.74, 6) is -0.287. The summed E-state index contributed by atoms with van der Waals surface area (Å²) in [6.07, 6.45) is 1.09. The van der Waals surface area contributed by atoms with Crippen molar-refractivity contribution >= 4 is 28.1 Å². The summed E-state index contributed by atoms with van der Waals surface area (Å²) in [6.45, 7) is 0. The van der Waals surface area contributed by atoms with Crippen molar-refractivity contribution in [2.75, 3.05) is 5.73 Å². The third-order valence-corrected chi connectivity index (χ3v) is 3.30. The summed E-state index contributed by atoms with van der Waals surface area (Å²) in [6, 6.07) is 4.66. The lowest BCUT2D eigenvalue weighted by Crippen LogP contribution is -1.95. The highest BCUT2D eigenvalue weighted by molar-refractivity contribution is 7.15. The summed E-state index contributed by atoms with van der Waals surface area (Å²) >= 11 is 7.21.